The number of H-pyrrole nitrogens is 1. The molecule has 0 aliphatic carbocycles. The van der Waals surface area contributed by atoms with Gasteiger partial charge in [-0.15, -0.1) is 0 Å². The SMILES string of the molecule is CCCCn1c(N)c(N(CC)C(=O)c2ccc(CSC)cc2)c(=O)[nH]c1=O. The first-order valence-electron chi connectivity index (χ1n) is 8.96. The van der Waals surface area contributed by atoms with E-state index >= 15 is 0 Å². The molecule has 1 aromatic carbocycles. The molecule has 0 unspecified atom stereocenters. The second-order valence-corrected chi connectivity index (χ2v) is 7.04. The molecule has 3 N–H and O–H groups in total. The standard InChI is InChI=1S/C19H26N4O3S/c1-4-6-11-23-16(20)15(17(24)21-19(23)26)22(5-2)18(25)14-9-7-13(8-10-14)12-27-3/h7-10H,4-6,11-12,20H2,1-3H3,(H,21,24,26). The van der Waals surface area contributed by atoms with Crippen LogP contribution in [0.1, 0.15) is 42.6 Å². The summed E-state index contributed by atoms with van der Waals surface area (Å²) >= 11 is 1.70. The number of benzene rings is 1. The summed E-state index contributed by atoms with van der Waals surface area (Å²) in [7, 11) is 0. The number of anilines is 2. The molecule has 2 aromatic rings. The molecule has 0 radical (unpaired) electrons. The Morgan fingerprint density at radius 1 is 1.22 bits per heavy atom. The summed E-state index contributed by atoms with van der Waals surface area (Å²) < 4.78 is 1.32. The van der Waals surface area contributed by atoms with Crippen LogP contribution in [0.4, 0.5) is 11.5 Å². The molecule has 7 nitrogen and oxygen atoms in total. The Hall–Kier alpha value is -2.48. The topological polar surface area (TPSA) is 101 Å². The number of thioether (sulfide) groups is 1. The van der Waals surface area contributed by atoms with Crippen LogP contribution in [0.15, 0.2) is 33.9 Å². The van der Waals surface area contributed by atoms with Gasteiger partial charge in [0.15, 0.2) is 5.69 Å². The lowest BCUT2D eigenvalue weighted by molar-refractivity contribution is 0.0988. The molecule has 0 bridgehead atoms. The van der Waals surface area contributed by atoms with Crippen molar-refractivity contribution < 1.29 is 4.79 Å². The van der Waals surface area contributed by atoms with E-state index in [-0.39, 0.29) is 24.0 Å². The van der Waals surface area contributed by atoms with E-state index in [0.29, 0.717) is 12.1 Å². The Morgan fingerprint density at radius 2 is 1.89 bits per heavy atom. The Bertz CT molecular complexity index is 903. The lowest BCUT2D eigenvalue weighted by atomic mass is 10.1. The monoisotopic (exact) mass is 390 g/mol. The number of rotatable bonds is 8. The molecule has 1 amide bonds. The maximum atomic E-state index is 13.0. The quantitative estimate of drug-likeness (QED) is 0.721. The number of nitrogens with one attached hydrogen (secondary N) is 1. The molecule has 146 valence electrons. The fourth-order valence-electron chi connectivity index (χ4n) is 2.85. The van der Waals surface area contributed by atoms with E-state index in [1.54, 1.807) is 30.8 Å². The number of carbonyl (C=O) groups is 1. The zero-order chi connectivity index (χ0) is 20.0. The molecule has 0 fully saturated rings. The second kappa shape index (κ2) is 9.45. The minimum atomic E-state index is -0.653. The molecule has 0 aliphatic rings. The van der Waals surface area contributed by atoms with Crippen molar-refractivity contribution in [3.63, 3.8) is 0 Å². The zero-order valence-electron chi connectivity index (χ0n) is 15.9. The smallest absolute Gasteiger partial charge is 0.330 e. The molecule has 8 heteroatoms. The number of carbonyl (C=O) groups excluding carboxylic acids is 1. The van der Waals surface area contributed by atoms with Gasteiger partial charge in [-0.05, 0) is 37.3 Å². The molecule has 0 atom stereocenters. The number of hydrogen-bond acceptors (Lipinski definition) is 5. The van der Waals surface area contributed by atoms with Gasteiger partial charge in [0.05, 0.1) is 0 Å². The minimum absolute atomic E-state index is 0.0198. The van der Waals surface area contributed by atoms with Gasteiger partial charge in [-0.25, -0.2) is 4.79 Å². The number of nitrogens with two attached hydrogens (primary N) is 1. The average molecular weight is 391 g/mol. The van der Waals surface area contributed by atoms with Crippen molar-refractivity contribution in [2.45, 2.75) is 39.0 Å². The van der Waals surface area contributed by atoms with E-state index in [1.165, 1.54) is 9.47 Å². The fraction of sp³-hybridized carbons (Fsp3) is 0.421. The summed E-state index contributed by atoms with van der Waals surface area (Å²) in [6, 6.07) is 7.28. The highest BCUT2D eigenvalue weighted by Gasteiger charge is 2.23. The third kappa shape index (κ3) is 4.63. The van der Waals surface area contributed by atoms with Crippen LogP contribution in [-0.2, 0) is 12.3 Å². The van der Waals surface area contributed by atoms with Crippen molar-refractivity contribution in [3.8, 4) is 0 Å². The van der Waals surface area contributed by atoms with Crippen LogP contribution in [0, 0.1) is 0 Å². The maximum absolute atomic E-state index is 13.0. The minimum Gasteiger partial charge on any atom is -0.383 e. The molecule has 2 rings (SSSR count). The zero-order valence-corrected chi connectivity index (χ0v) is 16.8. The predicted octanol–water partition coefficient (Wildman–Crippen LogP) is 2.45. The molecular weight excluding hydrogens is 364 g/mol. The first-order valence-corrected chi connectivity index (χ1v) is 10.4. The first-order chi connectivity index (χ1) is 12.9. The summed E-state index contributed by atoms with van der Waals surface area (Å²) in [4.78, 5) is 41.1. The summed E-state index contributed by atoms with van der Waals surface area (Å²) in [5, 5.41) is 0. The number of nitrogens with zero attached hydrogens (tertiary/aromatic N) is 2. The number of nitrogen functional groups attached to an aromatic ring is 1. The van der Waals surface area contributed by atoms with Crippen molar-refractivity contribution in [1.82, 2.24) is 9.55 Å². The van der Waals surface area contributed by atoms with Gasteiger partial charge in [-0.3, -0.25) is 19.1 Å². The molecule has 0 saturated heterocycles. The van der Waals surface area contributed by atoms with Gasteiger partial charge >= 0.3 is 5.69 Å². The number of hydrogen-bond donors (Lipinski definition) is 2. The van der Waals surface area contributed by atoms with Crippen LogP contribution < -0.4 is 21.9 Å². The third-order valence-electron chi connectivity index (χ3n) is 4.29. The van der Waals surface area contributed by atoms with Gasteiger partial charge in [0.2, 0.25) is 0 Å². The van der Waals surface area contributed by atoms with Crippen LogP contribution in [0.2, 0.25) is 0 Å². The van der Waals surface area contributed by atoms with Gasteiger partial charge in [-0.2, -0.15) is 11.8 Å². The Kier molecular flexibility index (Phi) is 7.29. The Morgan fingerprint density at radius 3 is 2.44 bits per heavy atom. The highest BCUT2D eigenvalue weighted by Crippen LogP contribution is 2.20. The van der Waals surface area contributed by atoms with E-state index in [0.717, 1.165) is 24.2 Å². The van der Waals surface area contributed by atoms with Gasteiger partial charge in [0.1, 0.15) is 5.82 Å². The predicted molar refractivity (Wildman–Crippen MR) is 112 cm³/mol. The van der Waals surface area contributed by atoms with Crippen molar-refractivity contribution in [2.75, 3.05) is 23.4 Å². The molecule has 0 saturated carbocycles. The van der Waals surface area contributed by atoms with Gasteiger partial charge in [-0.1, -0.05) is 25.5 Å². The summed E-state index contributed by atoms with van der Waals surface area (Å²) in [6.45, 7) is 4.40. The number of aromatic amines is 1. The number of unbranched alkanes of at least 4 members (excludes halogenated alkanes) is 1. The Balaban J connectivity index is 2.45. The molecule has 1 heterocycles. The number of aromatic nitrogens is 2. The molecule has 0 aliphatic heterocycles. The fourth-order valence-corrected chi connectivity index (χ4v) is 3.37. The van der Waals surface area contributed by atoms with Crippen molar-refractivity contribution >= 4 is 29.2 Å². The van der Waals surface area contributed by atoms with E-state index < -0.39 is 11.2 Å². The normalized spacial score (nSPS) is 10.8. The van der Waals surface area contributed by atoms with Gasteiger partial charge in [0.25, 0.3) is 11.5 Å². The lowest BCUT2D eigenvalue weighted by Gasteiger charge is -2.23. The van der Waals surface area contributed by atoms with Crippen molar-refractivity contribution in [2.24, 2.45) is 0 Å². The van der Waals surface area contributed by atoms with E-state index in [4.69, 9.17) is 5.73 Å². The summed E-state index contributed by atoms with van der Waals surface area (Å²) in [6.07, 6.45) is 3.63. The summed E-state index contributed by atoms with van der Waals surface area (Å²) in [5.41, 5.74) is 6.52. The van der Waals surface area contributed by atoms with Gasteiger partial charge < -0.3 is 10.6 Å². The van der Waals surface area contributed by atoms with E-state index in [9.17, 15) is 14.4 Å². The maximum Gasteiger partial charge on any atom is 0.330 e. The van der Waals surface area contributed by atoms with E-state index in [2.05, 4.69) is 4.98 Å². The van der Waals surface area contributed by atoms with Crippen LogP contribution >= 0.6 is 11.8 Å². The highest BCUT2D eigenvalue weighted by atomic mass is 32.2. The molecule has 1 aromatic heterocycles. The largest absolute Gasteiger partial charge is 0.383 e. The van der Waals surface area contributed by atoms with Crippen LogP contribution in [0.3, 0.4) is 0 Å². The van der Waals surface area contributed by atoms with Crippen LogP contribution in [0.5, 0.6) is 0 Å². The summed E-state index contributed by atoms with van der Waals surface area (Å²) in [5.74, 6) is 0.554. The van der Waals surface area contributed by atoms with E-state index in [1.807, 2.05) is 25.3 Å². The molecular formula is C19H26N4O3S. The van der Waals surface area contributed by atoms with Gasteiger partial charge in [0, 0.05) is 24.4 Å². The first kappa shape index (κ1) is 20.8. The Labute approximate surface area is 162 Å². The third-order valence-corrected chi connectivity index (χ3v) is 4.91. The molecule has 0 spiro atoms. The highest BCUT2D eigenvalue weighted by molar-refractivity contribution is 7.97. The second-order valence-electron chi connectivity index (χ2n) is 6.18. The lowest BCUT2D eigenvalue weighted by Crippen LogP contribution is -2.41. The van der Waals surface area contributed by atoms with Crippen LogP contribution in [0.25, 0.3) is 0 Å². The molecule has 27 heavy (non-hydrogen) atoms. The van der Waals surface area contributed by atoms with Crippen molar-refractivity contribution in [3.05, 3.63) is 56.2 Å². The van der Waals surface area contributed by atoms with Crippen molar-refractivity contribution in [1.29, 1.82) is 0 Å². The number of amides is 1. The average Bonchev–Trinajstić information content (AvgIpc) is 2.65. The van der Waals surface area contributed by atoms with Crippen LogP contribution in [-0.4, -0.2) is 28.3 Å².